The quantitative estimate of drug-likeness (QED) is 0.607. The fourth-order valence-corrected chi connectivity index (χ4v) is 1.61. The van der Waals surface area contributed by atoms with Gasteiger partial charge in [0.2, 0.25) is 0 Å². The van der Waals surface area contributed by atoms with Gasteiger partial charge < -0.3 is 10.1 Å². The highest BCUT2D eigenvalue weighted by Crippen LogP contribution is 2.11. The van der Waals surface area contributed by atoms with Gasteiger partial charge in [0, 0.05) is 17.6 Å². The molecule has 1 N–H and O–H groups in total. The van der Waals surface area contributed by atoms with E-state index in [4.69, 9.17) is 4.74 Å². The van der Waals surface area contributed by atoms with Crippen molar-refractivity contribution in [2.75, 3.05) is 19.7 Å². The molecule has 82 valence electrons. The minimum absolute atomic E-state index is 0.662. The predicted octanol–water partition coefficient (Wildman–Crippen LogP) is 2.74. The maximum Gasteiger partial charge on any atom is 0.0717 e. The van der Waals surface area contributed by atoms with Crippen molar-refractivity contribution in [2.24, 2.45) is 0 Å². The molecule has 0 aromatic heterocycles. The van der Waals surface area contributed by atoms with Crippen molar-refractivity contribution >= 4 is 15.9 Å². The number of halogens is 1. The molecule has 0 heterocycles. The second-order valence-corrected chi connectivity index (χ2v) is 4.09. The summed E-state index contributed by atoms with van der Waals surface area (Å²) < 4.78 is 6.59. The Labute approximate surface area is 99.5 Å². The van der Waals surface area contributed by atoms with Crippen molar-refractivity contribution in [3.63, 3.8) is 0 Å². The molecule has 0 saturated carbocycles. The number of nitrogens with one attached hydrogen (secondary N) is 1. The number of ether oxygens (including phenoxy) is 1. The summed E-state index contributed by atoms with van der Waals surface area (Å²) in [6.45, 7) is 6.71. The van der Waals surface area contributed by atoms with E-state index in [1.54, 1.807) is 0 Å². The Bertz CT molecular complexity index is 301. The molecule has 0 amide bonds. The van der Waals surface area contributed by atoms with Crippen molar-refractivity contribution in [3.05, 3.63) is 47.0 Å². The minimum Gasteiger partial charge on any atom is -0.375 e. The molecule has 1 aromatic carbocycles. The van der Waals surface area contributed by atoms with Crippen LogP contribution in [0.2, 0.25) is 0 Å². The Hall–Kier alpha value is -0.640. The van der Waals surface area contributed by atoms with Gasteiger partial charge >= 0.3 is 0 Å². The van der Waals surface area contributed by atoms with Gasteiger partial charge in [0.25, 0.3) is 0 Å². The van der Waals surface area contributed by atoms with E-state index in [0.717, 1.165) is 24.2 Å². The van der Waals surface area contributed by atoms with Gasteiger partial charge in [-0.15, -0.1) is 6.58 Å². The average molecular weight is 270 g/mol. The van der Waals surface area contributed by atoms with E-state index in [1.807, 2.05) is 18.2 Å². The number of hydrogen-bond donors (Lipinski definition) is 1. The molecule has 0 unspecified atom stereocenters. The summed E-state index contributed by atoms with van der Waals surface area (Å²) in [5, 5.41) is 3.18. The van der Waals surface area contributed by atoms with Gasteiger partial charge in [-0.3, -0.25) is 0 Å². The first kappa shape index (κ1) is 12.4. The van der Waals surface area contributed by atoms with Crippen LogP contribution in [0.15, 0.2) is 41.4 Å². The van der Waals surface area contributed by atoms with Crippen molar-refractivity contribution in [2.45, 2.75) is 6.61 Å². The Morgan fingerprint density at radius 1 is 1.47 bits per heavy atom. The highest BCUT2D eigenvalue weighted by molar-refractivity contribution is 9.10. The molecule has 2 nitrogen and oxygen atoms in total. The van der Waals surface area contributed by atoms with Gasteiger partial charge in [-0.2, -0.15) is 0 Å². The van der Waals surface area contributed by atoms with Crippen LogP contribution in [0, 0.1) is 0 Å². The monoisotopic (exact) mass is 269 g/mol. The highest BCUT2D eigenvalue weighted by Gasteiger charge is 1.93. The lowest BCUT2D eigenvalue weighted by molar-refractivity contribution is 0.123. The molecule has 15 heavy (non-hydrogen) atoms. The minimum atomic E-state index is 0.662. The lowest BCUT2D eigenvalue weighted by Crippen LogP contribution is -2.19. The van der Waals surface area contributed by atoms with Gasteiger partial charge in [0.05, 0.1) is 13.2 Å². The first-order valence-corrected chi connectivity index (χ1v) is 5.76. The van der Waals surface area contributed by atoms with Crippen LogP contribution in [0.25, 0.3) is 0 Å². The summed E-state index contributed by atoms with van der Waals surface area (Å²) in [5.74, 6) is 0. The van der Waals surface area contributed by atoms with Crippen molar-refractivity contribution < 1.29 is 4.74 Å². The Morgan fingerprint density at radius 3 is 3.07 bits per heavy atom. The molecular formula is C12H16BrNO. The van der Waals surface area contributed by atoms with Gasteiger partial charge in [-0.05, 0) is 17.7 Å². The maximum atomic E-state index is 5.50. The fourth-order valence-electron chi connectivity index (χ4n) is 1.17. The number of hydrogen-bond acceptors (Lipinski definition) is 2. The lowest BCUT2D eigenvalue weighted by atomic mass is 10.2. The second-order valence-electron chi connectivity index (χ2n) is 3.18. The molecule has 1 rings (SSSR count). The zero-order valence-corrected chi connectivity index (χ0v) is 10.3. The highest BCUT2D eigenvalue weighted by atomic mass is 79.9. The van der Waals surface area contributed by atoms with Gasteiger partial charge in [0.1, 0.15) is 0 Å². The molecule has 0 aliphatic heterocycles. The van der Waals surface area contributed by atoms with E-state index in [9.17, 15) is 0 Å². The van der Waals surface area contributed by atoms with E-state index >= 15 is 0 Å². The zero-order valence-electron chi connectivity index (χ0n) is 8.71. The SMILES string of the molecule is C=CCNCCOCc1cccc(Br)c1. The summed E-state index contributed by atoms with van der Waals surface area (Å²) in [6, 6.07) is 8.15. The zero-order chi connectivity index (χ0) is 10.9. The summed E-state index contributed by atoms with van der Waals surface area (Å²) in [6.07, 6.45) is 1.84. The second kappa shape index (κ2) is 7.63. The maximum absolute atomic E-state index is 5.50. The van der Waals surface area contributed by atoms with Crippen LogP contribution < -0.4 is 5.32 Å². The third kappa shape index (κ3) is 5.72. The summed E-state index contributed by atoms with van der Waals surface area (Å²) in [7, 11) is 0. The van der Waals surface area contributed by atoms with E-state index in [-0.39, 0.29) is 0 Å². The lowest BCUT2D eigenvalue weighted by Gasteiger charge is -2.05. The van der Waals surface area contributed by atoms with Crippen molar-refractivity contribution in [1.82, 2.24) is 5.32 Å². The largest absolute Gasteiger partial charge is 0.375 e. The number of benzene rings is 1. The molecule has 0 radical (unpaired) electrons. The molecule has 0 saturated heterocycles. The molecule has 0 bridgehead atoms. The van der Waals surface area contributed by atoms with Gasteiger partial charge in [-0.1, -0.05) is 34.1 Å². The normalized spacial score (nSPS) is 10.2. The molecular weight excluding hydrogens is 254 g/mol. The van der Waals surface area contributed by atoms with Crippen LogP contribution in [0.3, 0.4) is 0 Å². The molecule has 0 fully saturated rings. The van der Waals surface area contributed by atoms with E-state index in [0.29, 0.717) is 6.61 Å². The Kier molecular flexibility index (Phi) is 6.32. The smallest absolute Gasteiger partial charge is 0.0717 e. The molecule has 0 aliphatic carbocycles. The van der Waals surface area contributed by atoms with Crippen molar-refractivity contribution in [1.29, 1.82) is 0 Å². The topological polar surface area (TPSA) is 21.3 Å². The molecule has 1 aromatic rings. The first-order valence-electron chi connectivity index (χ1n) is 4.96. The summed E-state index contributed by atoms with van der Waals surface area (Å²) >= 11 is 3.43. The first-order chi connectivity index (χ1) is 7.33. The molecule has 0 atom stereocenters. The van der Waals surface area contributed by atoms with Crippen LogP contribution in [-0.4, -0.2) is 19.7 Å². The molecule has 3 heteroatoms. The Balaban J connectivity index is 2.12. The van der Waals surface area contributed by atoms with Crippen LogP contribution in [0.4, 0.5) is 0 Å². The van der Waals surface area contributed by atoms with Gasteiger partial charge in [-0.25, -0.2) is 0 Å². The summed E-state index contributed by atoms with van der Waals surface area (Å²) in [4.78, 5) is 0. The predicted molar refractivity (Wildman–Crippen MR) is 66.9 cm³/mol. The fraction of sp³-hybridized carbons (Fsp3) is 0.333. The van der Waals surface area contributed by atoms with E-state index in [2.05, 4.69) is 40.0 Å². The summed E-state index contributed by atoms with van der Waals surface area (Å²) in [5.41, 5.74) is 1.19. The van der Waals surface area contributed by atoms with E-state index < -0.39 is 0 Å². The van der Waals surface area contributed by atoms with Crippen LogP contribution in [-0.2, 0) is 11.3 Å². The van der Waals surface area contributed by atoms with Crippen LogP contribution >= 0.6 is 15.9 Å². The molecule has 0 spiro atoms. The number of rotatable bonds is 7. The van der Waals surface area contributed by atoms with E-state index in [1.165, 1.54) is 5.56 Å². The molecule has 0 aliphatic rings. The Morgan fingerprint density at radius 2 is 2.33 bits per heavy atom. The average Bonchev–Trinajstić information content (AvgIpc) is 2.23. The van der Waals surface area contributed by atoms with Crippen molar-refractivity contribution in [3.8, 4) is 0 Å². The van der Waals surface area contributed by atoms with Crippen LogP contribution in [0.1, 0.15) is 5.56 Å². The van der Waals surface area contributed by atoms with Crippen LogP contribution in [0.5, 0.6) is 0 Å². The third-order valence-corrected chi connectivity index (χ3v) is 2.36. The standard InChI is InChI=1S/C12H16BrNO/c1-2-6-14-7-8-15-10-11-4-3-5-12(13)9-11/h2-5,9,14H,1,6-8,10H2. The van der Waals surface area contributed by atoms with Gasteiger partial charge in [0.15, 0.2) is 0 Å². The third-order valence-electron chi connectivity index (χ3n) is 1.87.